The number of rotatable bonds is 2. The molecule has 1 aromatic rings. The maximum absolute atomic E-state index is 12.1. The molecule has 0 saturated heterocycles. The Morgan fingerprint density at radius 2 is 2.25 bits per heavy atom. The van der Waals surface area contributed by atoms with Gasteiger partial charge in [-0.3, -0.25) is 4.90 Å². The molecule has 1 N–H and O–H groups in total. The van der Waals surface area contributed by atoms with Gasteiger partial charge in [-0.1, -0.05) is 15.9 Å². The molecule has 1 aromatic carbocycles. The highest BCUT2D eigenvalue weighted by atomic mass is 79.9. The standard InChI is InChI=1S/C14H19BrN2O3/c1-4-20-14(19)16-8-9(2)17(10(3)18)12-6-5-11(15)7-13(12)16/h5-7,9-10,18H,4,8H2,1-3H3/t9-,10?/m0/s1. The third-order valence-electron chi connectivity index (χ3n) is 3.32. The fraction of sp³-hybridized carbons (Fsp3) is 0.500. The van der Waals surface area contributed by atoms with E-state index in [1.54, 1.807) is 18.7 Å². The Kier molecular flexibility index (Phi) is 4.55. The molecule has 1 unspecified atom stereocenters. The van der Waals surface area contributed by atoms with Gasteiger partial charge in [0.15, 0.2) is 0 Å². The summed E-state index contributed by atoms with van der Waals surface area (Å²) in [4.78, 5) is 15.6. The van der Waals surface area contributed by atoms with Crippen LogP contribution in [0.5, 0.6) is 0 Å². The minimum absolute atomic E-state index is 0.00748. The Hall–Kier alpha value is -1.27. The minimum Gasteiger partial charge on any atom is -0.449 e. The summed E-state index contributed by atoms with van der Waals surface area (Å²) in [6, 6.07) is 5.67. The predicted octanol–water partition coefficient (Wildman–Crippen LogP) is 2.96. The van der Waals surface area contributed by atoms with Gasteiger partial charge in [0.1, 0.15) is 6.23 Å². The van der Waals surface area contributed by atoms with Crippen LogP contribution in [-0.4, -0.2) is 36.6 Å². The van der Waals surface area contributed by atoms with E-state index in [1.807, 2.05) is 30.0 Å². The van der Waals surface area contributed by atoms with Crippen molar-refractivity contribution in [3.63, 3.8) is 0 Å². The zero-order chi connectivity index (χ0) is 14.9. The number of benzene rings is 1. The second kappa shape index (κ2) is 6.01. The van der Waals surface area contributed by atoms with Crippen molar-refractivity contribution >= 4 is 33.4 Å². The lowest BCUT2D eigenvalue weighted by Crippen LogP contribution is -2.52. The molecule has 0 bridgehead atoms. The highest BCUT2D eigenvalue weighted by Gasteiger charge is 2.34. The van der Waals surface area contributed by atoms with E-state index in [0.717, 1.165) is 15.8 Å². The second-order valence-corrected chi connectivity index (χ2v) is 5.75. The summed E-state index contributed by atoms with van der Waals surface area (Å²) in [5, 5.41) is 9.97. The van der Waals surface area contributed by atoms with Crippen LogP contribution in [0, 0.1) is 0 Å². The number of amides is 1. The van der Waals surface area contributed by atoms with Crippen molar-refractivity contribution < 1.29 is 14.6 Å². The molecule has 6 heteroatoms. The van der Waals surface area contributed by atoms with Gasteiger partial charge >= 0.3 is 6.09 Å². The van der Waals surface area contributed by atoms with Gasteiger partial charge in [0.2, 0.25) is 0 Å². The first-order valence-corrected chi connectivity index (χ1v) is 7.45. The highest BCUT2D eigenvalue weighted by molar-refractivity contribution is 9.10. The van der Waals surface area contributed by atoms with Crippen LogP contribution in [0.25, 0.3) is 0 Å². The zero-order valence-electron chi connectivity index (χ0n) is 11.8. The molecule has 2 atom stereocenters. The molecule has 20 heavy (non-hydrogen) atoms. The number of hydrogen-bond acceptors (Lipinski definition) is 4. The summed E-state index contributed by atoms with van der Waals surface area (Å²) in [7, 11) is 0. The highest BCUT2D eigenvalue weighted by Crippen LogP contribution is 2.38. The van der Waals surface area contributed by atoms with Gasteiger partial charge < -0.3 is 14.7 Å². The number of aliphatic hydroxyl groups excluding tert-OH is 1. The topological polar surface area (TPSA) is 53.0 Å². The molecule has 2 rings (SSSR count). The number of halogens is 1. The van der Waals surface area contributed by atoms with Crippen molar-refractivity contribution in [2.75, 3.05) is 23.0 Å². The lowest BCUT2D eigenvalue weighted by Gasteiger charge is -2.43. The minimum atomic E-state index is -0.616. The number of fused-ring (bicyclic) bond motifs is 1. The van der Waals surface area contributed by atoms with E-state index in [4.69, 9.17) is 4.74 Å². The fourth-order valence-corrected chi connectivity index (χ4v) is 2.91. The molecule has 0 spiro atoms. The van der Waals surface area contributed by atoms with Crippen molar-refractivity contribution in [1.82, 2.24) is 0 Å². The number of nitrogens with zero attached hydrogens (tertiary/aromatic N) is 2. The van der Waals surface area contributed by atoms with Crippen LogP contribution in [0.1, 0.15) is 20.8 Å². The Bertz CT molecular complexity index is 507. The molecular formula is C14H19BrN2O3. The van der Waals surface area contributed by atoms with E-state index in [-0.39, 0.29) is 12.1 Å². The van der Waals surface area contributed by atoms with Crippen molar-refractivity contribution in [3.8, 4) is 0 Å². The maximum Gasteiger partial charge on any atom is 0.414 e. The van der Waals surface area contributed by atoms with E-state index >= 15 is 0 Å². The summed E-state index contributed by atoms with van der Waals surface area (Å²) >= 11 is 3.42. The average molecular weight is 343 g/mol. The normalized spacial score (nSPS) is 19.6. The van der Waals surface area contributed by atoms with Crippen LogP contribution in [-0.2, 0) is 4.74 Å². The number of anilines is 2. The predicted molar refractivity (Wildman–Crippen MR) is 82.1 cm³/mol. The Balaban J connectivity index is 2.47. The van der Waals surface area contributed by atoms with Gasteiger partial charge in [0, 0.05) is 17.1 Å². The SMILES string of the molecule is CCOC(=O)N1C[C@H](C)N(C(C)O)c2ccc(Br)cc21. The average Bonchev–Trinajstić information content (AvgIpc) is 2.37. The van der Waals surface area contributed by atoms with Crippen molar-refractivity contribution in [2.45, 2.75) is 33.0 Å². The number of aliphatic hydroxyl groups is 1. The molecule has 0 saturated carbocycles. The summed E-state index contributed by atoms with van der Waals surface area (Å²) in [6.45, 7) is 6.31. The van der Waals surface area contributed by atoms with Crippen LogP contribution in [0.15, 0.2) is 22.7 Å². The molecule has 0 radical (unpaired) electrons. The Morgan fingerprint density at radius 3 is 2.85 bits per heavy atom. The second-order valence-electron chi connectivity index (χ2n) is 4.83. The third kappa shape index (κ3) is 2.76. The Labute approximate surface area is 127 Å². The van der Waals surface area contributed by atoms with Crippen molar-refractivity contribution in [1.29, 1.82) is 0 Å². The van der Waals surface area contributed by atoms with Gasteiger partial charge in [-0.15, -0.1) is 0 Å². The van der Waals surface area contributed by atoms with E-state index in [2.05, 4.69) is 15.9 Å². The number of carbonyl (C=O) groups excluding carboxylic acids is 1. The summed E-state index contributed by atoms with van der Waals surface area (Å²) in [6.07, 6.45) is -0.974. The van der Waals surface area contributed by atoms with Crippen molar-refractivity contribution in [2.24, 2.45) is 0 Å². The lowest BCUT2D eigenvalue weighted by atomic mass is 10.1. The summed E-state index contributed by atoms with van der Waals surface area (Å²) < 4.78 is 5.99. The van der Waals surface area contributed by atoms with Crippen LogP contribution < -0.4 is 9.80 Å². The van der Waals surface area contributed by atoms with Gasteiger partial charge in [-0.05, 0) is 39.0 Å². The third-order valence-corrected chi connectivity index (χ3v) is 3.81. The Morgan fingerprint density at radius 1 is 1.55 bits per heavy atom. The first kappa shape index (κ1) is 15.1. The lowest BCUT2D eigenvalue weighted by molar-refractivity contribution is 0.154. The van der Waals surface area contributed by atoms with E-state index in [9.17, 15) is 9.90 Å². The first-order valence-electron chi connectivity index (χ1n) is 6.66. The van der Waals surface area contributed by atoms with E-state index < -0.39 is 6.23 Å². The van der Waals surface area contributed by atoms with Gasteiger partial charge in [0.05, 0.1) is 18.0 Å². The van der Waals surface area contributed by atoms with Gasteiger partial charge in [-0.2, -0.15) is 0 Å². The molecule has 0 aromatic heterocycles. The quantitative estimate of drug-likeness (QED) is 0.897. The molecule has 1 heterocycles. The molecule has 1 amide bonds. The zero-order valence-corrected chi connectivity index (χ0v) is 13.4. The molecule has 5 nitrogen and oxygen atoms in total. The maximum atomic E-state index is 12.1. The van der Waals surface area contributed by atoms with Crippen LogP contribution in [0.3, 0.4) is 0 Å². The van der Waals surface area contributed by atoms with E-state index in [0.29, 0.717) is 13.2 Å². The van der Waals surface area contributed by atoms with Gasteiger partial charge in [0.25, 0.3) is 0 Å². The number of ether oxygens (including phenoxy) is 1. The number of carbonyl (C=O) groups is 1. The van der Waals surface area contributed by atoms with Gasteiger partial charge in [-0.25, -0.2) is 4.79 Å². The van der Waals surface area contributed by atoms with E-state index in [1.165, 1.54) is 0 Å². The number of hydrogen-bond donors (Lipinski definition) is 1. The van der Waals surface area contributed by atoms with Crippen LogP contribution in [0.2, 0.25) is 0 Å². The van der Waals surface area contributed by atoms with Crippen LogP contribution in [0.4, 0.5) is 16.2 Å². The molecular weight excluding hydrogens is 324 g/mol. The molecule has 0 fully saturated rings. The summed E-state index contributed by atoms with van der Waals surface area (Å²) in [5.41, 5.74) is 1.58. The smallest absolute Gasteiger partial charge is 0.414 e. The first-order chi connectivity index (χ1) is 9.45. The molecule has 110 valence electrons. The van der Waals surface area contributed by atoms with Crippen molar-refractivity contribution in [3.05, 3.63) is 22.7 Å². The molecule has 1 aliphatic rings. The summed E-state index contributed by atoms with van der Waals surface area (Å²) in [5.74, 6) is 0. The fourth-order valence-electron chi connectivity index (χ4n) is 2.56. The monoisotopic (exact) mass is 342 g/mol. The van der Waals surface area contributed by atoms with Crippen LogP contribution >= 0.6 is 15.9 Å². The largest absolute Gasteiger partial charge is 0.449 e. The molecule has 0 aliphatic carbocycles. The molecule has 1 aliphatic heterocycles.